The van der Waals surface area contributed by atoms with Crippen molar-refractivity contribution in [3.8, 4) is 11.5 Å². The summed E-state index contributed by atoms with van der Waals surface area (Å²) >= 11 is 0. The molecule has 0 amide bonds. The van der Waals surface area contributed by atoms with Gasteiger partial charge in [0.05, 0.1) is 0 Å². The van der Waals surface area contributed by atoms with Gasteiger partial charge in [0.2, 0.25) is 6.79 Å². The van der Waals surface area contributed by atoms with E-state index in [0.29, 0.717) is 18.7 Å². The fourth-order valence-corrected chi connectivity index (χ4v) is 1.58. The van der Waals surface area contributed by atoms with Gasteiger partial charge in [-0.1, -0.05) is 12.1 Å². The highest BCUT2D eigenvalue weighted by Gasteiger charge is 2.12. The number of benzene rings is 1. The molecule has 0 saturated carbocycles. The lowest BCUT2D eigenvalue weighted by atomic mass is 10.2. The number of rotatable bonds is 5. The fraction of sp³-hybridized carbons (Fsp3) is 0.308. The van der Waals surface area contributed by atoms with E-state index in [4.69, 9.17) is 14.6 Å². The lowest BCUT2D eigenvalue weighted by Crippen LogP contribution is -2.14. The van der Waals surface area contributed by atoms with E-state index >= 15 is 0 Å². The predicted octanol–water partition coefficient (Wildman–Crippen LogP) is 1.54. The van der Waals surface area contributed by atoms with Crippen molar-refractivity contribution in [2.45, 2.75) is 13.5 Å². The highest BCUT2D eigenvalue weighted by molar-refractivity contribution is 5.85. The normalized spacial score (nSPS) is 13.7. The van der Waals surface area contributed by atoms with Crippen LogP contribution in [0.2, 0.25) is 0 Å². The second-order valence-electron chi connectivity index (χ2n) is 4.01. The van der Waals surface area contributed by atoms with Crippen molar-refractivity contribution in [3.63, 3.8) is 0 Å². The first-order valence-corrected chi connectivity index (χ1v) is 5.66. The van der Waals surface area contributed by atoms with Gasteiger partial charge >= 0.3 is 5.97 Å². The number of carbonyl (C=O) groups is 1. The molecule has 0 atom stereocenters. The van der Waals surface area contributed by atoms with E-state index in [1.165, 1.54) is 0 Å². The summed E-state index contributed by atoms with van der Waals surface area (Å²) in [4.78, 5) is 10.6. The first-order valence-electron chi connectivity index (χ1n) is 5.66. The average Bonchev–Trinajstić information content (AvgIpc) is 2.81. The minimum absolute atomic E-state index is 0.271. The maximum atomic E-state index is 10.6. The second-order valence-corrected chi connectivity index (χ2v) is 4.01. The molecule has 0 fully saturated rings. The van der Waals surface area contributed by atoms with Gasteiger partial charge in [0.15, 0.2) is 11.5 Å². The van der Waals surface area contributed by atoms with Crippen LogP contribution in [0.25, 0.3) is 0 Å². The van der Waals surface area contributed by atoms with Gasteiger partial charge in [-0.2, -0.15) is 0 Å². The molecule has 1 aliphatic rings. The highest BCUT2D eigenvalue weighted by Crippen LogP contribution is 2.32. The molecule has 5 nitrogen and oxygen atoms in total. The first kappa shape index (κ1) is 12.4. The van der Waals surface area contributed by atoms with E-state index in [1.54, 1.807) is 13.0 Å². The van der Waals surface area contributed by atoms with E-state index in [-0.39, 0.29) is 6.79 Å². The van der Waals surface area contributed by atoms with Gasteiger partial charge in [-0.3, -0.25) is 0 Å². The molecule has 1 aliphatic heterocycles. The zero-order valence-electron chi connectivity index (χ0n) is 10.1. The molecule has 0 bridgehead atoms. The van der Waals surface area contributed by atoms with Gasteiger partial charge in [-0.05, 0) is 24.6 Å². The lowest BCUT2D eigenvalue weighted by Gasteiger charge is -2.04. The monoisotopic (exact) mass is 249 g/mol. The van der Waals surface area contributed by atoms with Crippen LogP contribution in [0.15, 0.2) is 29.8 Å². The molecule has 18 heavy (non-hydrogen) atoms. The average molecular weight is 249 g/mol. The number of hydrogen-bond acceptors (Lipinski definition) is 4. The number of nitrogens with one attached hydrogen (secondary N) is 1. The Balaban J connectivity index is 1.84. The van der Waals surface area contributed by atoms with Crippen LogP contribution in [0.5, 0.6) is 11.5 Å². The molecular weight excluding hydrogens is 234 g/mol. The van der Waals surface area contributed by atoms with E-state index < -0.39 is 5.97 Å². The van der Waals surface area contributed by atoms with Crippen LogP contribution in [0.4, 0.5) is 0 Å². The lowest BCUT2D eigenvalue weighted by molar-refractivity contribution is -0.132. The van der Waals surface area contributed by atoms with Crippen molar-refractivity contribution < 1.29 is 19.4 Å². The molecule has 1 aromatic rings. The first-order chi connectivity index (χ1) is 8.66. The molecule has 0 aliphatic carbocycles. The summed E-state index contributed by atoms with van der Waals surface area (Å²) in [6, 6.07) is 5.75. The molecule has 1 heterocycles. The molecule has 5 heteroatoms. The van der Waals surface area contributed by atoms with Crippen LogP contribution >= 0.6 is 0 Å². The van der Waals surface area contributed by atoms with Crippen molar-refractivity contribution in [2.24, 2.45) is 0 Å². The van der Waals surface area contributed by atoms with Crippen molar-refractivity contribution in [3.05, 3.63) is 35.4 Å². The Kier molecular flexibility index (Phi) is 3.84. The van der Waals surface area contributed by atoms with Gasteiger partial charge in [-0.25, -0.2) is 4.79 Å². The van der Waals surface area contributed by atoms with Gasteiger partial charge in [0, 0.05) is 18.7 Å². The van der Waals surface area contributed by atoms with Crippen molar-refractivity contribution in [1.29, 1.82) is 0 Å². The summed E-state index contributed by atoms with van der Waals surface area (Å²) < 4.78 is 10.5. The molecule has 2 rings (SSSR count). The summed E-state index contributed by atoms with van der Waals surface area (Å²) in [6.45, 7) is 3.02. The van der Waals surface area contributed by atoms with Gasteiger partial charge in [0.1, 0.15) is 0 Å². The Morgan fingerprint density at radius 1 is 1.44 bits per heavy atom. The molecule has 0 aromatic heterocycles. The number of ether oxygens (including phenoxy) is 2. The van der Waals surface area contributed by atoms with E-state index in [9.17, 15) is 4.79 Å². The number of hydrogen-bond donors (Lipinski definition) is 2. The predicted molar refractivity (Wildman–Crippen MR) is 65.7 cm³/mol. The summed E-state index contributed by atoms with van der Waals surface area (Å²) in [5.74, 6) is 0.631. The van der Waals surface area contributed by atoms with E-state index in [1.807, 2.05) is 18.2 Å². The van der Waals surface area contributed by atoms with Crippen LogP contribution in [-0.4, -0.2) is 24.4 Å². The third-order valence-corrected chi connectivity index (χ3v) is 2.66. The topological polar surface area (TPSA) is 67.8 Å². The zero-order chi connectivity index (χ0) is 13.0. The minimum atomic E-state index is -0.889. The molecule has 1 aromatic carbocycles. The maximum Gasteiger partial charge on any atom is 0.330 e. The second kappa shape index (κ2) is 5.55. The largest absolute Gasteiger partial charge is 0.478 e. The van der Waals surface area contributed by atoms with Crippen LogP contribution in [0.1, 0.15) is 12.5 Å². The Bertz CT molecular complexity index is 482. The van der Waals surface area contributed by atoms with Crippen LogP contribution in [0, 0.1) is 0 Å². The summed E-state index contributed by atoms with van der Waals surface area (Å²) in [5.41, 5.74) is 1.41. The zero-order valence-corrected chi connectivity index (χ0v) is 10.1. The number of carboxylic acid groups (broad SMARTS) is 1. The van der Waals surface area contributed by atoms with E-state index in [2.05, 4.69) is 5.32 Å². The van der Waals surface area contributed by atoms with Gasteiger partial charge in [-0.15, -0.1) is 0 Å². The van der Waals surface area contributed by atoms with Crippen LogP contribution < -0.4 is 14.8 Å². The Morgan fingerprint density at radius 3 is 3.00 bits per heavy atom. The van der Waals surface area contributed by atoms with Gasteiger partial charge in [0.25, 0.3) is 0 Å². The molecule has 0 radical (unpaired) electrons. The summed E-state index contributed by atoms with van der Waals surface area (Å²) in [6.07, 6.45) is 1.65. The van der Waals surface area contributed by atoms with Crippen molar-refractivity contribution in [2.75, 3.05) is 13.3 Å². The summed E-state index contributed by atoms with van der Waals surface area (Å²) in [5, 5.41) is 11.8. The molecular formula is C13H15NO4. The van der Waals surface area contributed by atoms with Crippen LogP contribution in [-0.2, 0) is 11.3 Å². The van der Waals surface area contributed by atoms with Crippen molar-refractivity contribution in [1.82, 2.24) is 5.32 Å². The minimum Gasteiger partial charge on any atom is -0.478 e. The number of aliphatic carboxylic acids is 1. The maximum absolute atomic E-state index is 10.6. The molecule has 96 valence electrons. The van der Waals surface area contributed by atoms with Gasteiger partial charge < -0.3 is 19.9 Å². The van der Waals surface area contributed by atoms with Crippen molar-refractivity contribution >= 4 is 5.97 Å². The smallest absolute Gasteiger partial charge is 0.330 e. The quantitative estimate of drug-likeness (QED) is 0.612. The van der Waals surface area contributed by atoms with E-state index in [0.717, 1.165) is 17.1 Å². The Labute approximate surface area is 105 Å². The molecule has 0 spiro atoms. The highest BCUT2D eigenvalue weighted by atomic mass is 16.7. The standard InChI is InChI=1S/C13H15NO4/c1-9(13(15)16)4-5-14-7-10-2-3-11-12(6-10)18-8-17-11/h2-4,6,14H,5,7-8H2,1H3,(H,15,16)/b9-4-. The summed E-state index contributed by atoms with van der Waals surface area (Å²) in [7, 11) is 0. The fourth-order valence-electron chi connectivity index (χ4n) is 1.58. The van der Waals surface area contributed by atoms with Crippen LogP contribution in [0.3, 0.4) is 0 Å². The third kappa shape index (κ3) is 3.01. The molecule has 0 unspecified atom stereocenters. The Morgan fingerprint density at radius 2 is 2.22 bits per heavy atom. The number of carboxylic acids is 1. The third-order valence-electron chi connectivity index (χ3n) is 2.66. The number of fused-ring (bicyclic) bond motifs is 1. The Hall–Kier alpha value is -2.01. The SMILES string of the molecule is C/C(=C/CNCc1ccc2c(c1)OCO2)C(=O)O. The molecule has 2 N–H and O–H groups in total. The molecule has 0 saturated heterocycles.